The van der Waals surface area contributed by atoms with E-state index < -0.39 is 10.0 Å². The van der Waals surface area contributed by atoms with Gasteiger partial charge in [-0.1, -0.05) is 12.1 Å². The van der Waals surface area contributed by atoms with Gasteiger partial charge in [0.25, 0.3) is 15.9 Å². The van der Waals surface area contributed by atoms with E-state index in [2.05, 4.69) is 4.72 Å². The molecule has 1 atom stereocenters. The molecule has 8 heteroatoms. The van der Waals surface area contributed by atoms with Gasteiger partial charge in [0.2, 0.25) is 0 Å². The van der Waals surface area contributed by atoms with Crippen LogP contribution >= 0.6 is 0 Å². The Labute approximate surface area is 158 Å². The largest absolute Gasteiger partial charge is 0.375 e. The van der Waals surface area contributed by atoms with Crippen LogP contribution in [0.3, 0.4) is 0 Å². The zero-order valence-electron chi connectivity index (χ0n) is 14.8. The summed E-state index contributed by atoms with van der Waals surface area (Å²) in [5.41, 5.74) is 0.859. The molecule has 1 unspecified atom stereocenters. The summed E-state index contributed by atoms with van der Waals surface area (Å²) < 4.78 is 32.9. The van der Waals surface area contributed by atoms with E-state index in [0.29, 0.717) is 30.9 Å². The Morgan fingerprint density at radius 1 is 1.22 bits per heavy atom. The number of benzene rings is 2. The lowest BCUT2D eigenvalue weighted by Gasteiger charge is -2.31. The molecule has 7 nitrogen and oxygen atoms in total. The lowest BCUT2D eigenvalue weighted by Crippen LogP contribution is -2.44. The predicted octanol–water partition coefficient (Wildman–Crippen LogP) is 2.22. The third-order valence-corrected chi connectivity index (χ3v) is 5.65. The molecule has 1 aliphatic heterocycles. The smallest absolute Gasteiger partial charge is 0.263 e. The van der Waals surface area contributed by atoms with E-state index in [0.717, 1.165) is 0 Å². The summed E-state index contributed by atoms with van der Waals surface area (Å²) in [4.78, 5) is 14.2. The Kier molecular flexibility index (Phi) is 5.44. The van der Waals surface area contributed by atoms with Crippen molar-refractivity contribution in [2.75, 3.05) is 24.4 Å². The molecule has 140 valence electrons. The number of hydrogen-bond donors (Lipinski definition) is 1. The van der Waals surface area contributed by atoms with Crippen molar-refractivity contribution in [3.63, 3.8) is 0 Å². The molecule has 3 rings (SSSR count). The molecule has 0 bridgehead atoms. The highest BCUT2D eigenvalue weighted by molar-refractivity contribution is 7.92. The van der Waals surface area contributed by atoms with Crippen molar-refractivity contribution >= 4 is 21.6 Å². The maximum absolute atomic E-state index is 12.5. The normalized spacial score (nSPS) is 17.2. The molecule has 1 fully saturated rings. The molecule has 0 aliphatic carbocycles. The van der Waals surface area contributed by atoms with Crippen LogP contribution in [0.5, 0.6) is 0 Å². The quantitative estimate of drug-likeness (QED) is 0.870. The molecule has 1 aliphatic rings. The number of hydrogen-bond acceptors (Lipinski definition) is 5. The van der Waals surface area contributed by atoms with Gasteiger partial charge in [-0.3, -0.25) is 9.52 Å². The van der Waals surface area contributed by atoms with Crippen molar-refractivity contribution in [2.24, 2.45) is 0 Å². The Hall–Kier alpha value is -2.89. The molecule has 27 heavy (non-hydrogen) atoms. The molecule has 1 amide bonds. The van der Waals surface area contributed by atoms with Gasteiger partial charge in [-0.15, -0.1) is 0 Å². The SMILES string of the molecule is CC1CN(C(=O)c2ccc(NS(=O)(=O)c3ccccc3C#N)cc2)CCO1. The molecule has 1 N–H and O–H groups in total. The Morgan fingerprint density at radius 2 is 1.93 bits per heavy atom. The maximum atomic E-state index is 12.5. The lowest BCUT2D eigenvalue weighted by atomic mass is 10.1. The molecule has 1 heterocycles. The highest BCUT2D eigenvalue weighted by Gasteiger charge is 2.23. The number of rotatable bonds is 4. The first-order valence-corrected chi connectivity index (χ1v) is 9.92. The van der Waals surface area contributed by atoms with E-state index in [9.17, 15) is 13.2 Å². The summed E-state index contributed by atoms with van der Waals surface area (Å²) in [7, 11) is -3.90. The Balaban J connectivity index is 1.76. The predicted molar refractivity (Wildman–Crippen MR) is 99.7 cm³/mol. The molecular weight excluding hydrogens is 366 g/mol. The van der Waals surface area contributed by atoms with E-state index in [-0.39, 0.29) is 22.5 Å². The van der Waals surface area contributed by atoms with Gasteiger partial charge in [0, 0.05) is 24.3 Å². The van der Waals surface area contributed by atoms with Crippen molar-refractivity contribution in [3.8, 4) is 6.07 Å². The highest BCUT2D eigenvalue weighted by Crippen LogP contribution is 2.20. The maximum Gasteiger partial charge on any atom is 0.263 e. The van der Waals surface area contributed by atoms with Crippen molar-refractivity contribution in [3.05, 3.63) is 59.7 Å². The van der Waals surface area contributed by atoms with Crippen LogP contribution in [-0.4, -0.2) is 45.0 Å². The van der Waals surface area contributed by atoms with E-state index in [1.54, 1.807) is 29.2 Å². The number of morpholine rings is 1. The van der Waals surface area contributed by atoms with Gasteiger partial charge < -0.3 is 9.64 Å². The molecular formula is C19H19N3O4S. The number of ether oxygens (including phenoxy) is 1. The van der Waals surface area contributed by atoms with Crippen LogP contribution in [0.2, 0.25) is 0 Å². The highest BCUT2D eigenvalue weighted by atomic mass is 32.2. The second kappa shape index (κ2) is 7.78. The van der Waals surface area contributed by atoms with Gasteiger partial charge in [0.15, 0.2) is 0 Å². The molecule has 0 radical (unpaired) electrons. The topological polar surface area (TPSA) is 99.5 Å². The van der Waals surface area contributed by atoms with Crippen LogP contribution in [0, 0.1) is 11.3 Å². The van der Waals surface area contributed by atoms with Gasteiger partial charge in [-0.2, -0.15) is 5.26 Å². The average Bonchev–Trinajstić information content (AvgIpc) is 2.67. The Morgan fingerprint density at radius 3 is 2.59 bits per heavy atom. The van der Waals surface area contributed by atoms with Gasteiger partial charge in [0.05, 0.1) is 18.3 Å². The van der Waals surface area contributed by atoms with E-state index in [1.165, 1.54) is 24.3 Å². The minimum absolute atomic E-state index is 0.00557. The summed E-state index contributed by atoms with van der Waals surface area (Å²) in [5.74, 6) is -0.116. The number of amides is 1. The monoisotopic (exact) mass is 385 g/mol. The van der Waals surface area contributed by atoms with E-state index >= 15 is 0 Å². The number of carbonyl (C=O) groups is 1. The fourth-order valence-electron chi connectivity index (χ4n) is 2.87. The van der Waals surface area contributed by atoms with Crippen molar-refractivity contribution in [2.45, 2.75) is 17.9 Å². The number of anilines is 1. The van der Waals surface area contributed by atoms with Crippen LogP contribution in [0.1, 0.15) is 22.8 Å². The van der Waals surface area contributed by atoms with Crippen LogP contribution in [-0.2, 0) is 14.8 Å². The molecule has 2 aromatic carbocycles. The van der Waals surface area contributed by atoms with Crippen molar-refractivity contribution < 1.29 is 17.9 Å². The van der Waals surface area contributed by atoms with Crippen LogP contribution in [0.15, 0.2) is 53.4 Å². The number of sulfonamides is 1. The number of carbonyl (C=O) groups excluding carboxylic acids is 1. The number of nitrogens with zero attached hydrogens (tertiary/aromatic N) is 2. The van der Waals surface area contributed by atoms with Crippen molar-refractivity contribution in [1.29, 1.82) is 5.26 Å². The lowest BCUT2D eigenvalue weighted by molar-refractivity contribution is -0.0124. The summed E-state index contributed by atoms with van der Waals surface area (Å²) in [6.45, 7) is 3.47. The molecule has 2 aromatic rings. The molecule has 1 saturated heterocycles. The fourth-order valence-corrected chi connectivity index (χ4v) is 4.09. The number of nitrogens with one attached hydrogen (secondary N) is 1. The van der Waals surface area contributed by atoms with E-state index in [1.807, 2.05) is 13.0 Å². The minimum atomic E-state index is -3.90. The zero-order valence-corrected chi connectivity index (χ0v) is 15.6. The summed E-state index contributed by atoms with van der Waals surface area (Å²) >= 11 is 0. The zero-order chi connectivity index (χ0) is 19.4. The fraction of sp³-hybridized carbons (Fsp3) is 0.263. The van der Waals surface area contributed by atoms with Gasteiger partial charge in [0.1, 0.15) is 11.0 Å². The molecule has 0 saturated carbocycles. The van der Waals surface area contributed by atoms with Crippen LogP contribution in [0.25, 0.3) is 0 Å². The summed E-state index contributed by atoms with van der Waals surface area (Å²) in [6.07, 6.45) is -0.00557. The minimum Gasteiger partial charge on any atom is -0.375 e. The first-order valence-electron chi connectivity index (χ1n) is 8.43. The standard InChI is InChI=1S/C19H19N3O4S/c1-14-13-22(10-11-26-14)19(23)15-6-8-17(9-7-15)21-27(24,25)18-5-3-2-4-16(18)12-20/h2-9,14,21H,10-11,13H2,1H3. The summed E-state index contributed by atoms with van der Waals surface area (Å²) in [6, 6.07) is 14.1. The van der Waals surface area contributed by atoms with Gasteiger partial charge in [-0.05, 0) is 43.3 Å². The second-order valence-corrected chi connectivity index (χ2v) is 7.87. The first-order chi connectivity index (χ1) is 12.9. The Bertz CT molecular complexity index is 981. The average molecular weight is 385 g/mol. The van der Waals surface area contributed by atoms with Crippen molar-refractivity contribution in [1.82, 2.24) is 4.90 Å². The first kappa shape index (κ1) is 18.9. The number of nitriles is 1. The van der Waals surface area contributed by atoms with Crippen LogP contribution in [0.4, 0.5) is 5.69 Å². The molecule has 0 aromatic heterocycles. The van der Waals surface area contributed by atoms with E-state index in [4.69, 9.17) is 10.00 Å². The third-order valence-electron chi connectivity index (χ3n) is 4.21. The molecule has 0 spiro atoms. The van der Waals surface area contributed by atoms with Gasteiger partial charge >= 0.3 is 0 Å². The second-order valence-electron chi connectivity index (χ2n) is 6.22. The summed E-state index contributed by atoms with van der Waals surface area (Å²) in [5, 5.41) is 9.09. The van der Waals surface area contributed by atoms with Gasteiger partial charge in [-0.25, -0.2) is 8.42 Å². The van der Waals surface area contributed by atoms with Crippen LogP contribution < -0.4 is 4.72 Å². The third kappa shape index (κ3) is 4.27.